The molecule has 1 aromatic carbocycles. The Morgan fingerprint density at radius 3 is 2.74 bits per heavy atom. The lowest BCUT2D eigenvalue weighted by atomic mass is 10.2. The topological polar surface area (TPSA) is 53.1 Å². The number of ether oxygens (including phenoxy) is 1. The largest absolute Gasteiger partial charge is 0.374 e. The van der Waals surface area contributed by atoms with E-state index in [4.69, 9.17) is 10.5 Å². The van der Waals surface area contributed by atoms with E-state index in [0.717, 1.165) is 5.56 Å². The highest BCUT2D eigenvalue weighted by atomic mass is 19.1. The van der Waals surface area contributed by atoms with Crippen LogP contribution in [0.3, 0.4) is 0 Å². The van der Waals surface area contributed by atoms with Crippen molar-refractivity contribution in [3.05, 3.63) is 54.4 Å². The van der Waals surface area contributed by atoms with Gasteiger partial charge >= 0.3 is 0 Å². The minimum atomic E-state index is -1.20. The van der Waals surface area contributed by atoms with Gasteiger partial charge < -0.3 is 10.5 Å². The lowest BCUT2D eigenvalue weighted by Crippen LogP contribution is -2.38. The first-order valence-electron chi connectivity index (χ1n) is 6.24. The summed E-state index contributed by atoms with van der Waals surface area (Å²) in [7, 11) is 0. The minimum absolute atomic E-state index is 0.00265. The Morgan fingerprint density at radius 2 is 2.05 bits per heavy atom. The molecule has 0 aliphatic carbocycles. The fraction of sp³-hybridized carbons (Fsp3) is 0.357. The van der Waals surface area contributed by atoms with E-state index >= 15 is 0 Å². The van der Waals surface area contributed by atoms with Crippen molar-refractivity contribution in [1.29, 1.82) is 0 Å². The molecule has 0 unspecified atom stereocenters. The number of halogens is 1. The van der Waals surface area contributed by atoms with E-state index < -0.39 is 12.2 Å². The third kappa shape index (κ3) is 4.46. The Balaban J connectivity index is 1.70. The maximum absolute atomic E-state index is 13.8. The number of benzene rings is 1. The highest BCUT2D eigenvalue weighted by Crippen LogP contribution is 2.05. The zero-order chi connectivity index (χ0) is 13.5. The summed E-state index contributed by atoms with van der Waals surface area (Å²) >= 11 is 0. The van der Waals surface area contributed by atoms with E-state index in [1.54, 1.807) is 23.1 Å². The van der Waals surface area contributed by atoms with Gasteiger partial charge in [0.05, 0.1) is 25.8 Å². The average Bonchev–Trinajstić information content (AvgIpc) is 2.92. The second kappa shape index (κ2) is 7.01. The van der Waals surface area contributed by atoms with Crippen molar-refractivity contribution >= 4 is 0 Å². The Labute approximate surface area is 112 Å². The lowest BCUT2D eigenvalue weighted by Gasteiger charge is -2.16. The van der Waals surface area contributed by atoms with Crippen molar-refractivity contribution < 1.29 is 9.13 Å². The highest BCUT2D eigenvalue weighted by Gasteiger charge is 2.17. The standard InChI is InChI=1S/C14H18FN3O/c15-13(14(16)9-18-8-4-7-17-18)11-19-10-12-5-2-1-3-6-12/h1-8,13-14H,9-11,16H2/t13-,14+/m1/s1. The minimum Gasteiger partial charge on any atom is -0.374 e. The molecule has 102 valence electrons. The molecule has 0 saturated heterocycles. The molecular weight excluding hydrogens is 245 g/mol. The Bertz CT molecular complexity index is 461. The van der Waals surface area contributed by atoms with Gasteiger partial charge in [0.2, 0.25) is 0 Å². The average molecular weight is 263 g/mol. The van der Waals surface area contributed by atoms with E-state index in [0.29, 0.717) is 13.2 Å². The normalized spacial score (nSPS) is 14.2. The maximum Gasteiger partial charge on any atom is 0.140 e. The number of hydrogen-bond donors (Lipinski definition) is 1. The van der Waals surface area contributed by atoms with Gasteiger partial charge in [-0.1, -0.05) is 30.3 Å². The smallest absolute Gasteiger partial charge is 0.140 e. The summed E-state index contributed by atoms with van der Waals surface area (Å²) in [5, 5.41) is 4.00. The first-order valence-corrected chi connectivity index (χ1v) is 6.24. The van der Waals surface area contributed by atoms with E-state index in [2.05, 4.69) is 5.10 Å². The van der Waals surface area contributed by atoms with Crippen LogP contribution < -0.4 is 5.73 Å². The van der Waals surface area contributed by atoms with Gasteiger partial charge in [-0.3, -0.25) is 4.68 Å². The van der Waals surface area contributed by atoms with Crippen LogP contribution in [-0.4, -0.2) is 28.6 Å². The third-order valence-electron chi connectivity index (χ3n) is 2.81. The summed E-state index contributed by atoms with van der Waals surface area (Å²) < 4.78 is 20.8. The van der Waals surface area contributed by atoms with Gasteiger partial charge in [0.25, 0.3) is 0 Å². The fourth-order valence-electron chi connectivity index (χ4n) is 1.73. The molecule has 0 bridgehead atoms. The molecule has 0 radical (unpaired) electrons. The van der Waals surface area contributed by atoms with Gasteiger partial charge in [-0.05, 0) is 11.6 Å². The number of nitrogens with zero attached hydrogens (tertiary/aromatic N) is 2. The summed E-state index contributed by atoms with van der Waals surface area (Å²) in [4.78, 5) is 0. The van der Waals surface area contributed by atoms with Gasteiger partial charge in [0.15, 0.2) is 0 Å². The van der Waals surface area contributed by atoms with E-state index in [1.807, 2.05) is 30.3 Å². The number of rotatable bonds is 7. The van der Waals surface area contributed by atoms with Gasteiger partial charge in [-0.25, -0.2) is 4.39 Å². The van der Waals surface area contributed by atoms with Crippen molar-refractivity contribution in [3.63, 3.8) is 0 Å². The lowest BCUT2D eigenvalue weighted by molar-refractivity contribution is 0.0567. The van der Waals surface area contributed by atoms with Crippen LogP contribution in [0.15, 0.2) is 48.8 Å². The van der Waals surface area contributed by atoms with Crippen LogP contribution in [0.5, 0.6) is 0 Å². The molecule has 0 spiro atoms. The Hall–Kier alpha value is -1.72. The zero-order valence-electron chi connectivity index (χ0n) is 10.7. The van der Waals surface area contributed by atoms with Crippen LogP contribution in [0.1, 0.15) is 5.56 Å². The third-order valence-corrected chi connectivity index (χ3v) is 2.81. The van der Waals surface area contributed by atoms with E-state index in [9.17, 15) is 4.39 Å². The highest BCUT2D eigenvalue weighted by molar-refractivity contribution is 5.13. The maximum atomic E-state index is 13.8. The van der Waals surface area contributed by atoms with Crippen molar-refractivity contribution in [3.8, 4) is 0 Å². The molecule has 1 heterocycles. The quantitative estimate of drug-likeness (QED) is 0.828. The second-order valence-electron chi connectivity index (χ2n) is 4.41. The molecule has 0 fully saturated rings. The monoisotopic (exact) mass is 263 g/mol. The number of alkyl halides is 1. The van der Waals surface area contributed by atoms with Gasteiger partial charge in [-0.2, -0.15) is 5.10 Å². The van der Waals surface area contributed by atoms with Crippen LogP contribution >= 0.6 is 0 Å². The molecule has 19 heavy (non-hydrogen) atoms. The second-order valence-corrected chi connectivity index (χ2v) is 4.41. The predicted octanol–water partition coefficient (Wildman–Crippen LogP) is 1.77. The van der Waals surface area contributed by atoms with Crippen molar-refractivity contribution in [1.82, 2.24) is 9.78 Å². The zero-order valence-corrected chi connectivity index (χ0v) is 10.7. The summed E-state index contributed by atoms with van der Waals surface area (Å²) in [5.74, 6) is 0. The molecule has 5 heteroatoms. The molecule has 1 aromatic heterocycles. The molecule has 0 aliphatic rings. The fourth-order valence-corrected chi connectivity index (χ4v) is 1.73. The summed E-state index contributed by atoms with van der Waals surface area (Å²) in [6.45, 7) is 0.746. The summed E-state index contributed by atoms with van der Waals surface area (Å²) in [6, 6.07) is 10.8. The predicted molar refractivity (Wildman–Crippen MR) is 71.2 cm³/mol. The number of nitrogens with two attached hydrogens (primary N) is 1. The van der Waals surface area contributed by atoms with Crippen LogP contribution in [0.2, 0.25) is 0 Å². The van der Waals surface area contributed by atoms with Crippen LogP contribution in [0.25, 0.3) is 0 Å². The molecule has 2 aromatic rings. The van der Waals surface area contributed by atoms with Crippen molar-refractivity contribution in [2.24, 2.45) is 5.73 Å². The van der Waals surface area contributed by atoms with Gasteiger partial charge in [0.1, 0.15) is 6.17 Å². The van der Waals surface area contributed by atoms with Crippen molar-refractivity contribution in [2.75, 3.05) is 6.61 Å². The van der Waals surface area contributed by atoms with Gasteiger partial charge in [0, 0.05) is 12.4 Å². The Morgan fingerprint density at radius 1 is 1.26 bits per heavy atom. The van der Waals surface area contributed by atoms with E-state index in [-0.39, 0.29) is 6.61 Å². The molecule has 4 nitrogen and oxygen atoms in total. The molecule has 2 N–H and O–H groups in total. The molecule has 2 rings (SSSR count). The summed E-state index contributed by atoms with van der Waals surface area (Å²) in [5.41, 5.74) is 6.80. The number of hydrogen-bond acceptors (Lipinski definition) is 3. The molecular formula is C14H18FN3O. The Kier molecular flexibility index (Phi) is 5.06. The molecule has 2 atom stereocenters. The first-order chi connectivity index (χ1) is 9.25. The first kappa shape index (κ1) is 13.7. The molecule has 0 saturated carbocycles. The van der Waals surface area contributed by atoms with Crippen LogP contribution in [0, 0.1) is 0 Å². The van der Waals surface area contributed by atoms with Crippen LogP contribution in [-0.2, 0) is 17.9 Å². The van der Waals surface area contributed by atoms with Crippen molar-refractivity contribution in [2.45, 2.75) is 25.4 Å². The van der Waals surface area contributed by atoms with Crippen LogP contribution in [0.4, 0.5) is 4.39 Å². The van der Waals surface area contributed by atoms with Gasteiger partial charge in [-0.15, -0.1) is 0 Å². The summed E-state index contributed by atoms with van der Waals surface area (Å²) in [6.07, 6.45) is 2.21. The molecule has 0 amide bonds. The van der Waals surface area contributed by atoms with E-state index in [1.165, 1.54) is 0 Å². The SMILES string of the molecule is N[C@@H](Cn1cccn1)[C@H](F)COCc1ccccc1. The molecule has 0 aliphatic heterocycles. The number of aromatic nitrogens is 2.